The minimum absolute atomic E-state index is 0.0285. The van der Waals surface area contributed by atoms with Gasteiger partial charge in [-0.05, 0) is 18.6 Å². The van der Waals surface area contributed by atoms with Crippen LogP contribution in [0.2, 0.25) is 0 Å². The number of hydrogen-bond donors (Lipinski definition) is 2. The molecule has 0 aliphatic carbocycles. The fourth-order valence-corrected chi connectivity index (χ4v) is 1.53. The highest BCUT2D eigenvalue weighted by molar-refractivity contribution is 5.62. The second-order valence-electron chi connectivity index (χ2n) is 3.92. The molecule has 19 heavy (non-hydrogen) atoms. The molecule has 0 saturated heterocycles. The zero-order chi connectivity index (χ0) is 14.0. The summed E-state index contributed by atoms with van der Waals surface area (Å²) < 4.78 is 5.45. The van der Waals surface area contributed by atoms with Crippen molar-refractivity contribution >= 4 is 17.2 Å². The van der Waals surface area contributed by atoms with E-state index in [1.807, 2.05) is 6.92 Å². The van der Waals surface area contributed by atoms with E-state index < -0.39 is 4.92 Å². The van der Waals surface area contributed by atoms with Crippen LogP contribution in [0.3, 0.4) is 0 Å². The summed E-state index contributed by atoms with van der Waals surface area (Å²) in [6.45, 7) is 1.85. The van der Waals surface area contributed by atoms with Crippen LogP contribution in [0.25, 0.3) is 0 Å². The summed E-state index contributed by atoms with van der Waals surface area (Å²) in [5.41, 5.74) is 12.3. The first-order valence-corrected chi connectivity index (χ1v) is 5.42. The first kappa shape index (κ1) is 12.6. The summed E-state index contributed by atoms with van der Waals surface area (Å²) in [4.78, 5) is 14.0. The van der Waals surface area contributed by atoms with E-state index in [4.69, 9.17) is 16.2 Å². The van der Waals surface area contributed by atoms with Gasteiger partial charge in [-0.3, -0.25) is 10.1 Å². The van der Waals surface area contributed by atoms with Gasteiger partial charge in [-0.1, -0.05) is 6.07 Å². The molecule has 0 amide bonds. The highest BCUT2D eigenvalue weighted by atomic mass is 16.6. The van der Waals surface area contributed by atoms with E-state index in [0.717, 1.165) is 5.56 Å². The van der Waals surface area contributed by atoms with Crippen molar-refractivity contribution in [2.45, 2.75) is 6.92 Å². The fraction of sp³-hybridized carbons (Fsp3) is 0.0833. The molecule has 0 aliphatic rings. The number of nitrogens with zero attached hydrogens (tertiary/aromatic N) is 2. The molecule has 0 aliphatic heterocycles. The fourth-order valence-electron chi connectivity index (χ4n) is 1.53. The van der Waals surface area contributed by atoms with E-state index >= 15 is 0 Å². The highest BCUT2D eigenvalue weighted by Gasteiger charge is 2.21. The average molecular weight is 260 g/mol. The topological polar surface area (TPSA) is 117 Å². The van der Waals surface area contributed by atoms with Crippen molar-refractivity contribution < 1.29 is 9.66 Å². The molecule has 1 aromatic carbocycles. The maximum Gasteiger partial charge on any atom is 0.353 e. The zero-order valence-corrected chi connectivity index (χ0v) is 10.2. The lowest BCUT2D eigenvalue weighted by molar-refractivity contribution is -0.384. The van der Waals surface area contributed by atoms with Gasteiger partial charge in [-0.25, -0.2) is 4.98 Å². The van der Waals surface area contributed by atoms with Gasteiger partial charge < -0.3 is 16.2 Å². The number of nitrogen functional groups attached to an aromatic ring is 2. The molecule has 7 nitrogen and oxygen atoms in total. The van der Waals surface area contributed by atoms with E-state index in [1.54, 1.807) is 18.2 Å². The lowest BCUT2D eigenvalue weighted by Crippen LogP contribution is -2.01. The molecule has 0 radical (unpaired) electrons. The molecule has 0 unspecified atom stereocenters. The quantitative estimate of drug-likeness (QED) is 0.496. The lowest BCUT2D eigenvalue weighted by atomic mass is 10.2. The molecular weight excluding hydrogens is 248 g/mol. The van der Waals surface area contributed by atoms with Crippen molar-refractivity contribution in [1.82, 2.24) is 4.98 Å². The Bertz CT molecular complexity index is 643. The van der Waals surface area contributed by atoms with Crippen LogP contribution in [0, 0.1) is 17.0 Å². The average Bonchev–Trinajstić information content (AvgIpc) is 2.33. The summed E-state index contributed by atoms with van der Waals surface area (Å²) in [6, 6.07) is 6.41. The van der Waals surface area contributed by atoms with Gasteiger partial charge in [0, 0.05) is 24.0 Å². The number of aryl methyl sites for hydroxylation is 1. The maximum absolute atomic E-state index is 10.9. The smallest absolute Gasteiger partial charge is 0.353 e. The molecule has 1 heterocycles. The van der Waals surface area contributed by atoms with E-state index in [1.165, 1.54) is 12.3 Å². The third kappa shape index (κ3) is 2.54. The van der Waals surface area contributed by atoms with Gasteiger partial charge in [0.05, 0.1) is 4.92 Å². The molecule has 0 bridgehead atoms. The van der Waals surface area contributed by atoms with Crippen LogP contribution in [0.1, 0.15) is 5.56 Å². The molecule has 7 heteroatoms. The van der Waals surface area contributed by atoms with Gasteiger partial charge in [0.2, 0.25) is 11.6 Å². The minimum atomic E-state index is -0.630. The predicted molar refractivity (Wildman–Crippen MR) is 71.0 cm³/mol. The second kappa shape index (κ2) is 4.81. The molecule has 98 valence electrons. The summed E-state index contributed by atoms with van der Waals surface area (Å²) in [5.74, 6) is 0.236. The number of aromatic nitrogens is 1. The third-order valence-electron chi connectivity index (χ3n) is 2.58. The first-order chi connectivity index (χ1) is 8.99. The van der Waals surface area contributed by atoms with Crippen LogP contribution in [-0.2, 0) is 0 Å². The summed E-state index contributed by atoms with van der Waals surface area (Å²) in [6.07, 6.45) is 1.34. The van der Waals surface area contributed by atoms with Gasteiger partial charge in [0.1, 0.15) is 5.75 Å². The highest BCUT2D eigenvalue weighted by Crippen LogP contribution is 2.35. The minimum Gasteiger partial charge on any atom is -0.450 e. The largest absolute Gasteiger partial charge is 0.450 e. The summed E-state index contributed by atoms with van der Waals surface area (Å²) in [7, 11) is 0. The van der Waals surface area contributed by atoms with Crippen LogP contribution < -0.4 is 16.2 Å². The molecule has 2 rings (SSSR count). The standard InChI is InChI=1S/C12H12N4O3/c1-7-2-3-8(6-9(7)13)19-10-4-5-15-12(14)11(10)16(17)18/h2-6H,13H2,1H3,(H2,14,15). The Kier molecular flexibility index (Phi) is 3.19. The van der Waals surface area contributed by atoms with E-state index in [-0.39, 0.29) is 17.3 Å². The second-order valence-corrected chi connectivity index (χ2v) is 3.92. The molecule has 0 saturated carbocycles. The summed E-state index contributed by atoms with van der Waals surface area (Å²) in [5, 5.41) is 10.9. The number of nitrogens with two attached hydrogens (primary N) is 2. The Labute approximate surface area is 109 Å². The monoisotopic (exact) mass is 260 g/mol. The van der Waals surface area contributed by atoms with E-state index in [0.29, 0.717) is 11.4 Å². The number of rotatable bonds is 3. The number of nitro groups is 1. The number of benzene rings is 1. The SMILES string of the molecule is Cc1ccc(Oc2ccnc(N)c2[N+](=O)[O-])cc1N. The lowest BCUT2D eigenvalue weighted by Gasteiger charge is -2.08. The van der Waals surface area contributed by atoms with Crippen molar-refractivity contribution in [3.05, 3.63) is 46.1 Å². The number of anilines is 2. The van der Waals surface area contributed by atoms with Crippen LogP contribution in [0.4, 0.5) is 17.2 Å². The first-order valence-electron chi connectivity index (χ1n) is 5.42. The third-order valence-corrected chi connectivity index (χ3v) is 2.58. The molecular formula is C12H12N4O3. The molecule has 0 fully saturated rings. The van der Waals surface area contributed by atoms with Crippen LogP contribution in [0.5, 0.6) is 11.5 Å². The Morgan fingerprint density at radius 3 is 2.68 bits per heavy atom. The predicted octanol–water partition coefficient (Wildman–Crippen LogP) is 2.25. The van der Waals surface area contributed by atoms with Crippen molar-refractivity contribution in [2.75, 3.05) is 11.5 Å². The maximum atomic E-state index is 10.9. The Hall–Kier alpha value is -2.83. The normalized spacial score (nSPS) is 10.2. The van der Waals surface area contributed by atoms with Crippen molar-refractivity contribution in [3.8, 4) is 11.5 Å². The Morgan fingerprint density at radius 2 is 2.05 bits per heavy atom. The Morgan fingerprint density at radius 1 is 1.32 bits per heavy atom. The number of ether oxygens (including phenoxy) is 1. The molecule has 0 spiro atoms. The molecule has 2 aromatic rings. The van der Waals surface area contributed by atoms with Gasteiger partial charge >= 0.3 is 5.69 Å². The zero-order valence-electron chi connectivity index (χ0n) is 10.2. The van der Waals surface area contributed by atoms with Crippen LogP contribution >= 0.6 is 0 Å². The van der Waals surface area contributed by atoms with Gasteiger partial charge in [0.25, 0.3) is 0 Å². The molecule has 4 N–H and O–H groups in total. The molecule has 0 atom stereocenters. The number of hydrogen-bond acceptors (Lipinski definition) is 6. The Balaban J connectivity index is 2.40. The van der Waals surface area contributed by atoms with Crippen LogP contribution in [-0.4, -0.2) is 9.91 Å². The number of pyridine rings is 1. The molecule has 1 aromatic heterocycles. The van der Waals surface area contributed by atoms with Gasteiger partial charge in [-0.15, -0.1) is 0 Å². The van der Waals surface area contributed by atoms with Gasteiger partial charge in [0.15, 0.2) is 0 Å². The van der Waals surface area contributed by atoms with Crippen molar-refractivity contribution in [3.63, 3.8) is 0 Å². The van der Waals surface area contributed by atoms with Gasteiger partial charge in [-0.2, -0.15) is 0 Å². The van der Waals surface area contributed by atoms with Crippen molar-refractivity contribution in [1.29, 1.82) is 0 Å². The van der Waals surface area contributed by atoms with E-state index in [9.17, 15) is 10.1 Å². The van der Waals surface area contributed by atoms with E-state index in [2.05, 4.69) is 4.98 Å². The van der Waals surface area contributed by atoms with Crippen molar-refractivity contribution in [2.24, 2.45) is 0 Å². The summed E-state index contributed by atoms with van der Waals surface area (Å²) >= 11 is 0. The van der Waals surface area contributed by atoms with Crippen LogP contribution in [0.15, 0.2) is 30.5 Å².